The van der Waals surface area contributed by atoms with Gasteiger partial charge in [0.25, 0.3) is 0 Å². The summed E-state index contributed by atoms with van der Waals surface area (Å²) in [7, 11) is 1.65. The van der Waals surface area contributed by atoms with E-state index >= 15 is 0 Å². The van der Waals surface area contributed by atoms with Crippen molar-refractivity contribution in [1.82, 2.24) is 14.9 Å². The smallest absolute Gasteiger partial charge is 0.227 e. The van der Waals surface area contributed by atoms with Crippen molar-refractivity contribution >= 4 is 5.91 Å². The summed E-state index contributed by atoms with van der Waals surface area (Å²) in [5.74, 6) is 1.52. The van der Waals surface area contributed by atoms with E-state index in [4.69, 9.17) is 4.74 Å². The summed E-state index contributed by atoms with van der Waals surface area (Å²) in [5.41, 5.74) is 3.34. The Labute approximate surface area is 152 Å². The van der Waals surface area contributed by atoms with E-state index in [1.165, 1.54) is 5.56 Å². The van der Waals surface area contributed by atoms with Gasteiger partial charge in [0.15, 0.2) is 0 Å². The maximum atomic E-state index is 12.8. The number of hydrogen-bond acceptors (Lipinski definition) is 3. The van der Waals surface area contributed by atoms with Crippen LogP contribution in [0.1, 0.15) is 29.3 Å². The Morgan fingerprint density at radius 2 is 2.12 bits per heavy atom. The molecule has 1 aliphatic rings. The first-order valence-electron chi connectivity index (χ1n) is 8.78. The molecular formula is C21H21N3O2. The number of para-hydroxylation sites is 1. The third-order valence-electron chi connectivity index (χ3n) is 4.92. The zero-order valence-corrected chi connectivity index (χ0v) is 14.7. The largest absolute Gasteiger partial charge is 0.497 e. The van der Waals surface area contributed by atoms with Gasteiger partial charge in [0.1, 0.15) is 11.6 Å². The number of imidazole rings is 1. The van der Waals surface area contributed by atoms with Gasteiger partial charge in [-0.1, -0.05) is 24.3 Å². The summed E-state index contributed by atoms with van der Waals surface area (Å²) in [6.07, 6.45) is 5.42. The number of nitrogens with one attached hydrogen (secondary N) is 1. The predicted molar refractivity (Wildman–Crippen MR) is 99.5 cm³/mol. The van der Waals surface area contributed by atoms with Gasteiger partial charge in [0, 0.05) is 18.1 Å². The third kappa shape index (κ3) is 3.08. The molecule has 0 radical (unpaired) electrons. The lowest BCUT2D eigenvalue weighted by Gasteiger charge is -2.14. The van der Waals surface area contributed by atoms with Crippen molar-refractivity contribution in [2.45, 2.75) is 25.3 Å². The summed E-state index contributed by atoms with van der Waals surface area (Å²) in [5, 5.41) is 3.05. The minimum absolute atomic E-state index is 0.0413. The second-order valence-corrected chi connectivity index (χ2v) is 6.42. The quantitative estimate of drug-likeness (QED) is 0.771. The van der Waals surface area contributed by atoms with E-state index in [1.807, 2.05) is 53.2 Å². The van der Waals surface area contributed by atoms with E-state index in [2.05, 4.69) is 16.4 Å². The molecule has 4 rings (SSSR count). The Morgan fingerprint density at radius 1 is 1.27 bits per heavy atom. The number of amides is 1. The minimum atomic E-state index is -0.125. The van der Waals surface area contributed by atoms with Crippen molar-refractivity contribution in [3.8, 4) is 11.4 Å². The average Bonchev–Trinajstić information content (AvgIpc) is 3.33. The Morgan fingerprint density at radius 3 is 2.92 bits per heavy atom. The number of hydrogen-bond donors (Lipinski definition) is 1. The zero-order chi connectivity index (χ0) is 17.9. The highest BCUT2D eigenvalue weighted by atomic mass is 16.5. The summed E-state index contributed by atoms with van der Waals surface area (Å²) < 4.78 is 7.30. The summed E-state index contributed by atoms with van der Waals surface area (Å²) >= 11 is 0. The molecule has 1 atom stereocenters. The van der Waals surface area contributed by atoms with Crippen LogP contribution in [0.25, 0.3) is 5.69 Å². The number of rotatable bonds is 5. The molecule has 0 aliphatic heterocycles. The van der Waals surface area contributed by atoms with E-state index in [-0.39, 0.29) is 11.8 Å². The second-order valence-electron chi connectivity index (χ2n) is 6.42. The van der Waals surface area contributed by atoms with E-state index in [0.717, 1.165) is 35.7 Å². The molecular weight excluding hydrogens is 326 g/mol. The maximum absolute atomic E-state index is 12.8. The molecule has 1 N–H and O–H groups in total. The first kappa shape index (κ1) is 16.4. The highest BCUT2D eigenvalue weighted by molar-refractivity contribution is 5.85. The van der Waals surface area contributed by atoms with Crippen LogP contribution in [-0.4, -0.2) is 22.6 Å². The predicted octanol–water partition coefficient (Wildman–Crippen LogP) is 3.23. The molecule has 5 heteroatoms. The summed E-state index contributed by atoms with van der Waals surface area (Å²) in [6.45, 7) is 0.399. The fraction of sp³-hybridized carbons (Fsp3) is 0.238. The molecule has 0 saturated heterocycles. The van der Waals surface area contributed by atoms with Crippen molar-refractivity contribution in [1.29, 1.82) is 0 Å². The number of methoxy groups -OCH3 is 1. The van der Waals surface area contributed by atoms with Gasteiger partial charge in [-0.3, -0.25) is 4.79 Å². The number of aromatic nitrogens is 2. The molecule has 1 aromatic heterocycles. The van der Waals surface area contributed by atoms with Crippen molar-refractivity contribution in [2.24, 2.45) is 0 Å². The molecule has 5 nitrogen and oxygen atoms in total. The number of ether oxygens (including phenoxy) is 1. The first-order chi connectivity index (χ1) is 12.8. The number of fused-ring (bicyclic) bond motifs is 1. The van der Waals surface area contributed by atoms with Crippen LogP contribution in [0.2, 0.25) is 0 Å². The summed E-state index contributed by atoms with van der Waals surface area (Å²) in [6, 6.07) is 16.0. The van der Waals surface area contributed by atoms with Gasteiger partial charge in [-0.15, -0.1) is 0 Å². The standard InChI is InChI=1S/C21H21N3O2/c1-26-17-9-7-15-8-10-18(19(15)13-17)21(25)23-14-20-22-11-12-24(20)16-5-3-2-4-6-16/h2-7,9,11-13,18H,8,10,14H2,1H3,(H,23,25). The number of benzene rings is 2. The van der Waals surface area contributed by atoms with Crippen molar-refractivity contribution in [3.05, 3.63) is 77.9 Å². The van der Waals surface area contributed by atoms with Crippen LogP contribution in [-0.2, 0) is 17.8 Å². The molecule has 0 bridgehead atoms. The molecule has 1 amide bonds. The number of aryl methyl sites for hydroxylation is 1. The van der Waals surface area contributed by atoms with Crippen molar-refractivity contribution in [3.63, 3.8) is 0 Å². The Bertz CT molecular complexity index is 918. The fourth-order valence-electron chi connectivity index (χ4n) is 3.56. The highest BCUT2D eigenvalue weighted by Crippen LogP contribution is 2.35. The molecule has 0 fully saturated rings. The lowest BCUT2D eigenvalue weighted by molar-refractivity contribution is -0.122. The van der Waals surface area contributed by atoms with Crippen LogP contribution in [0, 0.1) is 0 Å². The Hall–Kier alpha value is -3.08. The van der Waals surface area contributed by atoms with Crippen LogP contribution in [0.5, 0.6) is 5.75 Å². The van der Waals surface area contributed by atoms with Gasteiger partial charge < -0.3 is 14.6 Å². The molecule has 1 unspecified atom stereocenters. The Kier molecular flexibility index (Phi) is 4.44. The Balaban J connectivity index is 1.48. The van der Waals surface area contributed by atoms with Crippen LogP contribution < -0.4 is 10.1 Å². The molecule has 0 saturated carbocycles. The van der Waals surface area contributed by atoms with E-state index in [1.54, 1.807) is 13.3 Å². The average molecular weight is 347 g/mol. The highest BCUT2D eigenvalue weighted by Gasteiger charge is 2.29. The molecule has 0 spiro atoms. The second kappa shape index (κ2) is 7.04. The van der Waals surface area contributed by atoms with Crippen molar-refractivity contribution in [2.75, 3.05) is 7.11 Å². The topological polar surface area (TPSA) is 56.1 Å². The van der Waals surface area contributed by atoms with Gasteiger partial charge in [-0.2, -0.15) is 0 Å². The molecule has 2 aromatic carbocycles. The van der Waals surface area contributed by atoms with Gasteiger partial charge in [0.2, 0.25) is 5.91 Å². The van der Waals surface area contributed by atoms with E-state index in [0.29, 0.717) is 6.54 Å². The van der Waals surface area contributed by atoms with E-state index < -0.39 is 0 Å². The SMILES string of the molecule is COc1ccc2c(c1)C(C(=O)NCc1nccn1-c1ccccc1)CC2. The van der Waals surface area contributed by atoms with Gasteiger partial charge in [-0.25, -0.2) is 4.98 Å². The lowest BCUT2D eigenvalue weighted by Crippen LogP contribution is -2.29. The van der Waals surface area contributed by atoms with Crippen molar-refractivity contribution < 1.29 is 9.53 Å². The minimum Gasteiger partial charge on any atom is -0.497 e. The number of carbonyl (C=O) groups excluding carboxylic acids is 1. The molecule has 26 heavy (non-hydrogen) atoms. The van der Waals surface area contributed by atoms with Crippen LogP contribution in [0.3, 0.4) is 0 Å². The number of carbonyl (C=O) groups is 1. The zero-order valence-electron chi connectivity index (χ0n) is 14.7. The molecule has 132 valence electrons. The van der Waals surface area contributed by atoms with E-state index in [9.17, 15) is 4.79 Å². The fourth-order valence-corrected chi connectivity index (χ4v) is 3.56. The van der Waals surface area contributed by atoms with Crippen LogP contribution in [0.15, 0.2) is 60.9 Å². The normalized spacial score (nSPS) is 15.5. The third-order valence-corrected chi connectivity index (χ3v) is 4.92. The monoisotopic (exact) mass is 347 g/mol. The lowest BCUT2D eigenvalue weighted by atomic mass is 10.0. The number of nitrogens with zero attached hydrogens (tertiary/aromatic N) is 2. The van der Waals surface area contributed by atoms with Crippen LogP contribution in [0.4, 0.5) is 0 Å². The first-order valence-corrected chi connectivity index (χ1v) is 8.78. The van der Waals surface area contributed by atoms with Gasteiger partial charge in [0.05, 0.1) is 19.6 Å². The summed E-state index contributed by atoms with van der Waals surface area (Å²) in [4.78, 5) is 17.2. The van der Waals surface area contributed by atoms with Crippen LogP contribution >= 0.6 is 0 Å². The van der Waals surface area contributed by atoms with Gasteiger partial charge >= 0.3 is 0 Å². The molecule has 3 aromatic rings. The molecule has 1 aliphatic carbocycles. The maximum Gasteiger partial charge on any atom is 0.227 e. The molecule has 1 heterocycles. The van der Waals surface area contributed by atoms with Gasteiger partial charge in [-0.05, 0) is 48.2 Å².